The average Bonchev–Trinajstić information content (AvgIpc) is 2.76. The molecule has 0 aliphatic heterocycles. The van der Waals surface area contributed by atoms with Crippen molar-refractivity contribution in [2.45, 2.75) is 33.7 Å². The average molecular weight is 414 g/mol. The van der Waals surface area contributed by atoms with Crippen LogP contribution in [-0.2, 0) is 0 Å². The van der Waals surface area contributed by atoms with Crippen LogP contribution in [0.2, 0.25) is 0 Å². The van der Waals surface area contributed by atoms with Gasteiger partial charge in [0.15, 0.2) is 0 Å². The van der Waals surface area contributed by atoms with Gasteiger partial charge in [0, 0.05) is 26.9 Å². The maximum absolute atomic E-state index is 12.6. The largest absolute Gasteiger partial charge is 0.340 e. The number of nitrogens with zero attached hydrogens (tertiary/aromatic N) is 1. The normalized spacial score (nSPS) is 11.0. The van der Waals surface area contributed by atoms with E-state index in [1.165, 1.54) is 0 Å². The SMILES string of the molecule is Cc1cc(Br)cc(C)c1NC(=O)c1cc(Br)cn1C(C)C. The molecule has 5 heteroatoms. The van der Waals surface area contributed by atoms with E-state index in [1.807, 2.05) is 42.8 Å². The lowest BCUT2D eigenvalue weighted by Crippen LogP contribution is -2.18. The van der Waals surface area contributed by atoms with Gasteiger partial charge in [0.1, 0.15) is 5.69 Å². The highest BCUT2D eigenvalue weighted by Gasteiger charge is 2.16. The predicted octanol–water partition coefficient (Wildman–Crippen LogP) is 5.46. The molecule has 1 N–H and O–H groups in total. The third kappa shape index (κ3) is 3.58. The van der Waals surface area contributed by atoms with E-state index >= 15 is 0 Å². The van der Waals surface area contributed by atoms with Gasteiger partial charge >= 0.3 is 0 Å². The molecule has 1 heterocycles. The number of aryl methyl sites for hydroxylation is 2. The number of carbonyl (C=O) groups excluding carboxylic acids is 1. The van der Waals surface area contributed by atoms with Gasteiger partial charge in [-0.1, -0.05) is 15.9 Å². The van der Waals surface area contributed by atoms with E-state index in [2.05, 4.69) is 51.0 Å². The summed E-state index contributed by atoms with van der Waals surface area (Å²) in [4.78, 5) is 12.6. The zero-order valence-electron chi connectivity index (χ0n) is 12.5. The van der Waals surface area contributed by atoms with E-state index in [0.717, 1.165) is 25.8 Å². The summed E-state index contributed by atoms with van der Waals surface area (Å²) in [5.41, 5.74) is 3.60. The summed E-state index contributed by atoms with van der Waals surface area (Å²) in [5, 5.41) is 3.03. The summed E-state index contributed by atoms with van der Waals surface area (Å²) >= 11 is 6.91. The lowest BCUT2D eigenvalue weighted by atomic mass is 10.1. The van der Waals surface area contributed by atoms with Crippen LogP contribution in [0, 0.1) is 13.8 Å². The fourth-order valence-corrected chi connectivity index (χ4v) is 3.46. The Morgan fingerprint density at radius 3 is 2.19 bits per heavy atom. The lowest BCUT2D eigenvalue weighted by molar-refractivity contribution is 0.101. The van der Waals surface area contributed by atoms with E-state index in [9.17, 15) is 4.79 Å². The molecule has 112 valence electrons. The second kappa shape index (κ2) is 6.36. The highest BCUT2D eigenvalue weighted by molar-refractivity contribution is 9.10. The first-order valence-electron chi connectivity index (χ1n) is 6.75. The molecule has 1 aromatic heterocycles. The molecule has 2 rings (SSSR count). The summed E-state index contributed by atoms with van der Waals surface area (Å²) in [6, 6.07) is 6.07. The van der Waals surface area contributed by atoms with Crippen molar-refractivity contribution in [1.29, 1.82) is 0 Å². The van der Waals surface area contributed by atoms with Gasteiger partial charge < -0.3 is 9.88 Å². The topological polar surface area (TPSA) is 34.0 Å². The van der Waals surface area contributed by atoms with Crippen LogP contribution in [0.3, 0.4) is 0 Å². The second-order valence-electron chi connectivity index (χ2n) is 5.41. The van der Waals surface area contributed by atoms with Crippen molar-refractivity contribution < 1.29 is 4.79 Å². The Balaban J connectivity index is 2.35. The Morgan fingerprint density at radius 1 is 1.10 bits per heavy atom. The van der Waals surface area contributed by atoms with E-state index in [4.69, 9.17) is 0 Å². The number of carbonyl (C=O) groups is 1. The molecule has 0 bridgehead atoms. The highest BCUT2D eigenvalue weighted by atomic mass is 79.9. The number of rotatable bonds is 3. The van der Waals surface area contributed by atoms with Gasteiger partial charge in [-0.05, 0) is 73.0 Å². The van der Waals surface area contributed by atoms with Crippen molar-refractivity contribution in [2.75, 3.05) is 5.32 Å². The molecular weight excluding hydrogens is 396 g/mol. The zero-order chi connectivity index (χ0) is 15.7. The molecule has 0 spiro atoms. The Kier molecular flexibility index (Phi) is 4.94. The smallest absolute Gasteiger partial charge is 0.272 e. The van der Waals surface area contributed by atoms with Crippen molar-refractivity contribution >= 4 is 43.5 Å². The van der Waals surface area contributed by atoms with Crippen molar-refractivity contribution in [3.63, 3.8) is 0 Å². The number of benzene rings is 1. The molecular formula is C16H18Br2N2O. The van der Waals surface area contributed by atoms with Gasteiger partial charge in [0.25, 0.3) is 5.91 Å². The lowest BCUT2D eigenvalue weighted by Gasteiger charge is -2.15. The molecule has 0 aliphatic rings. The van der Waals surface area contributed by atoms with Crippen LogP contribution in [0.25, 0.3) is 0 Å². The Bertz CT molecular complexity index is 667. The Hall–Kier alpha value is -1.07. The molecule has 0 saturated carbocycles. The number of hydrogen-bond donors (Lipinski definition) is 1. The maximum Gasteiger partial charge on any atom is 0.272 e. The van der Waals surface area contributed by atoms with Gasteiger partial charge in [-0.2, -0.15) is 0 Å². The molecule has 0 unspecified atom stereocenters. The molecule has 0 fully saturated rings. The van der Waals surface area contributed by atoms with Crippen LogP contribution in [0.5, 0.6) is 0 Å². The molecule has 0 radical (unpaired) electrons. The Labute approximate surface area is 142 Å². The molecule has 0 atom stereocenters. The first-order valence-corrected chi connectivity index (χ1v) is 8.33. The van der Waals surface area contributed by atoms with Crippen LogP contribution in [-0.4, -0.2) is 10.5 Å². The predicted molar refractivity (Wildman–Crippen MR) is 94.1 cm³/mol. The number of anilines is 1. The minimum Gasteiger partial charge on any atom is -0.340 e. The first kappa shape index (κ1) is 16.3. The van der Waals surface area contributed by atoms with Crippen LogP contribution in [0.15, 0.2) is 33.3 Å². The van der Waals surface area contributed by atoms with Crippen LogP contribution < -0.4 is 5.32 Å². The van der Waals surface area contributed by atoms with Crippen LogP contribution >= 0.6 is 31.9 Å². The van der Waals surface area contributed by atoms with Gasteiger partial charge in [0.05, 0.1) is 0 Å². The van der Waals surface area contributed by atoms with Gasteiger partial charge in [0.2, 0.25) is 0 Å². The first-order chi connectivity index (χ1) is 9.79. The fourth-order valence-electron chi connectivity index (χ4n) is 2.34. The molecule has 1 aromatic carbocycles. The fraction of sp³-hybridized carbons (Fsp3) is 0.312. The number of aromatic nitrogens is 1. The van der Waals surface area contributed by atoms with E-state index in [1.54, 1.807) is 0 Å². The van der Waals surface area contributed by atoms with Gasteiger partial charge in [-0.15, -0.1) is 0 Å². The van der Waals surface area contributed by atoms with Crippen molar-refractivity contribution in [2.24, 2.45) is 0 Å². The maximum atomic E-state index is 12.6. The summed E-state index contributed by atoms with van der Waals surface area (Å²) < 4.78 is 3.89. The standard InChI is InChI=1S/C16H18Br2N2O/c1-9(2)20-8-13(18)7-14(20)16(21)19-15-10(3)5-12(17)6-11(15)4/h5-9H,1-4H3,(H,19,21). The van der Waals surface area contributed by atoms with Crippen LogP contribution in [0.1, 0.15) is 41.5 Å². The minimum absolute atomic E-state index is 0.0945. The summed E-state index contributed by atoms with van der Waals surface area (Å²) in [6.07, 6.45) is 1.93. The van der Waals surface area contributed by atoms with E-state index in [-0.39, 0.29) is 11.9 Å². The van der Waals surface area contributed by atoms with E-state index < -0.39 is 0 Å². The van der Waals surface area contributed by atoms with Crippen LogP contribution in [0.4, 0.5) is 5.69 Å². The van der Waals surface area contributed by atoms with Crippen molar-refractivity contribution in [3.8, 4) is 0 Å². The molecule has 3 nitrogen and oxygen atoms in total. The molecule has 2 aromatic rings. The number of hydrogen-bond acceptors (Lipinski definition) is 1. The number of amides is 1. The quantitative estimate of drug-likeness (QED) is 0.711. The third-order valence-electron chi connectivity index (χ3n) is 3.34. The van der Waals surface area contributed by atoms with Gasteiger partial charge in [-0.3, -0.25) is 4.79 Å². The third-order valence-corrected chi connectivity index (χ3v) is 4.23. The molecule has 21 heavy (non-hydrogen) atoms. The van der Waals surface area contributed by atoms with E-state index in [0.29, 0.717) is 5.69 Å². The zero-order valence-corrected chi connectivity index (χ0v) is 15.7. The molecule has 1 amide bonds. The summed E-state index contributed by atoms with van der Waals surface area (Å²) in [5.74, 6) is -0.0945. The molecule has 0 saturated heterocycles. The second-order valence-corrected chi connectivity index (χ2v) is 7.24. The van der Waals surface area contributed by atoms with Crippen molar-refractivity contribution in [1.82, 2.24) is 4.57 Å². The molecule has 0 aliphatic carbocycles. The highest BCUT2D eigenvalue weighted by Crippen LogP contribution is 2.26. The van der Waals surface area contributed by atoms with Gasteiger partial charge in [-0.25, -0.2) is 0 Å². The number of nitrogens with one attached hydrogen (secondary N) is 1. The number of halogens is 2. The minimum atomic E-state index is -0.0945. The summed E-state index contributed by atoms with van der Waals surface area (Å²) in [6.45, 7) is 8.09. The monoisotopic (exact) mass is 412 g/mol. The Morgan fingerprint density at radius 2 is 1.67 bits per heavy atom. The van der Waals surface area contributed by atoms with Crippen molar-refractivity contribution in [3.05, 3.63) is 50.2 Å². The summed E-state index contributed by atoms with van der Waals surface area (Å²) in [7, 11) is 0.